The molecule has 92 valence electrons. The molecule has 0 atom stereocenters. The summed E-state index contributed by atoms with van der Waals surface area (Å²) in [4.78, 5) is 12.1. The molecule has 0 saturated carbocycles. The second-order valence-corrected chi connectivity index (χ2v) is 4.87. The largest absolute Gasteiger partial charge is 0.288 e. The maximum Gasteiger partial charge on any atom is 0.197 e. The maximum absolute atomic E-state index is 13.5. The van der Waals surface area contributed by atoms with Crippen molar-refractivity contribution in [3.05, 3.63) is 68.7 Å². The van der Waals surface area contributed by atoms with Crippen LogP contribution >= 0.6 is 27.5 Å². The van der Waals surface area contributed by atoms with Crippen molar-refractivity contribution in [2.24, 2.45) is 0 Å². The zero-order valence-corrected chi connectivity index (χ0v) is 11.2. The highest BCUT2D eigenvalue weighted by Gasteiger charge is 2.17. The van der Waals surface area contributed by atoms with E-state index < -0.39 is 17.4 Å². The second kappa shape index (κ2) is 5.16. The van der Waals surface area contributed by atoms with E-state index in [1.807, 2.05) is 0 Å². The van der Waals surface area contributed by atoms with Gasteiger partial charge in [0.15, 0.2) is 5.78 Å². The minimum Gasteiger partial charge on any atom is -0.288 e. The van der Waals surface area contributed by atoms with Gasteiger partial charge < -0.3 is 0 Å². The summed E-state index contributed by atoms with van der Waals surface area (Å²) in [5.41, 5.74) is -0.0816. The lowest BCUT2D eigenvalue weighted by molar-refractivity contribution is 0.103. The van der Waals surface area contributed by atoms with Crippen LogP contribution in [0.5, 0.6) is 0 Å². The summed E-state index contributed by atoms with van der Waals surface area (Å²) in [6.07, 6.45) is 0. The van der Waals surface area contributed by atoms with Crippen molar-refractivity contribution in [2.75, 3.05) is 0 Å². The highest BCUT2D eigenvalue weighted by Crippen LogP contribution is 2.25. The number of carbonyl (C=O) groups is 1. The van der Waals surface area contributed by atoms with Gasteiger partial charge in [-0.05, 0) is 52.3 Å². The van der Waals surface area contributed by atoms with Gasteiger partial charge in [0.25, 0.3) is 0 Å². The van der Waals surface area contributed by atoms with E-state index in [1.54, 1.807) is 0 Å². The van der Waals surface area contributed by atoms with Gasteiger partial charge in [-0.15, -0.1) is 0 Å². The van der Waals surface area contributed by atoms with E-state index in [-0.39, 0.29) is 11.1 Å². The number of ketones is 1. The molecule has 2 aromatic carbocycles. The first-order valence-corrected chi connectivity index (χ1v) is 6.11. The molecule has 1 nitrogen and oxygen atoms in total. The van der Waals surface area contributed by atoms with Crippen LogP contribution in [0.25, 0.3) is 0 Å². The van der Waals surface area contributed by atoms with Crippen LogP contribution < -0.4 is 0 Å². The van der Waals surface area contributed by atoms with Gasteiger partial charge in [-0.25, -0.2) is 8.78 Å². The maximum atomic E-state index is 13.5. The van der Waals surface area contributed by atoms with Crippen LogP contribution in [0.15, 0.2) is 40.9 Å². The lowest BCUT2D eigenvalue weighted by Crippen LogP contribution is -2.05. The monoisotopic (exact) mass is 330 g/mol. The fraction of sp³-hybridized carbons (Fsp3) is 0. The first-order valence-electron chi connectivity index (χ1n) is 4.94. The number of halogens is 4. The molecule has 0 spiro atoms. The Hall–Kier alpha value is -1.26. The molecule has 0 aromatic heterocycles. The lowest BCUT2D eigenvalue weighted by atomic mass is 10.0. The summed E-state index contributed by atoms with van der Waals surface area (Å²) in [7, 11) is 0. The van der Waals surface area contributed by atoms with E-state index in [9.17, 15) is 13.6 Å². The molecule has 18 heavy (non-hydrogen) atoms. The number of benzene rings is 2. The standard InChI is InChI=1S/C13H6BrClF2O/c14-11-5-7(15)1-3-9(11)13(18)10-6-8(16)2-4-12(10)17/h1-6H. The summed E-state index contributed by atoms with van der Waals surface area (Å²) in [6, 6.07) is 7.25. The third-order valence-corrected chi connectivity index (χ3v) is 3.24. The zero-order chi connectivity index (χ0) is 13.3. The Morgan fingerprint density at radius 1 is 1.06 bits per heavy atom. The molecule has 0 heterocycles. The van der Waals surface area contributed by atoms with E-state index >= 15 is 0 Å². The van der Waals surface area contributed by atoms with E-state index in [0.29, 0.717) is 9.50 Å². The Morgan fingerprint density at radius 3 is 2.44 bits per heavy atom. The fourth-order valence-corrected chi connectivity index (χ4v) is 2.35. The van der Waals surface area contributed by atoms with Crippen molar-refractivity contribution in [3.63, 3.8) is 0 Å². The first-order chi connectivity index (χ1) is 8.49. The lowest BCUT2D eigenvalue weighted by Gasteiger charge is -2.05. The van der Waals surface area contributed by atoms with Gasteiger partial charge in [-0.3, -0.25) is 4.79 Å². The molecular formula is C13H6BrClF2O. The van der Waals surface area contributed by atoms with Gasteiger partial charge in [0.2, 0.25) is 0 Å². The molecule has 0 unspecified atom stereocenters. The zero-order valence-electron chi connectivity index (χ0n) is 8.88. The fourth-order valence-electron chi connectivity index (χ4n) is 1.49. The molecule has 0 aliphatic carbocycles. The van der Waals surface area contributed by atoms with Crippen LogP contribution in [0.3, 0.4) is 0 Å². The number of hydrogen-bond donors (Lipinski definition) is 0. The Kier molecular flexibility index (Phi) is 3.78. The van der Waals surface area contributed by atoms with Crippen molar-refractivity contribution in [3.8, 4) is 0 Å². The molecule has 0 fully saturated rings. The average Bonchev–Trinajstić information content (AvgIpc) is 2.31. The van der Waals surface area contributed by atoms with Crippen molar-refractivity contribution < 1.29 is 13.6 Å². The van der Waals surface area contributed by atoms with Gasteiger partial charge in [-0.2, -0.15) is 0 Å². The molecule has 0 aliphatic heterocycles. The van der Waals surface area contributed by atoms with Crippen LogP contribution in [0.2, 0.25) is 5.02 Å². The Morgan fingerprint density at radius 2 is 1.78 bits per heavy atom. The van der Waals surface area contributed by atoms with E-state index in [0.717, 1.165) is 18.2 Å². The molecule has 0 N–H and O–H groups in total. The summed E-state index contributed by atoms with van der Waals surface area (Å²) in [6.45, 7) is 0. The highest BCUT2D eigenvalue weighted by atomic mass is 79.9. The van der Waals surface area contributed by atoms with Crippen LogP contribution in [0, 0.1) is 11.6 Å². The van der Waals surface area contributed by atoms with Crippen molar-refractivity contribution >= 4 is 33.3 Å². The molecule has 0 saturated heterocycles. The molecule has 0 amide bonds. The third kappa shape index (κ3) is 2.60. The summed E-state index contributed by atoms with van der Waals surface area (Å²) < 4.78 is 27.0. The van der Waals surface area contributed by atoms with Gasteiger partial charge in [0.05, 0.1) is 5.56 Å². The molecule has 2 rings (SSSR count). The Labute approximate surface area is 116 Å². The second-order valence-electron chi connectivity index (χ2n) is 3.58. The van der Waals surface area contributed by atoms with Crippen LogP contribution in [0.4, 0.5) is 8.78 Å². The molecule has 2 aromatic rings. The first kappa shape index (κ1) is 13.2. The Balaban J connectivity index is 2.51. The van der Waals surface area contributed by atoms with Crippen LogP contribution in [0.1, 0.15) is 15.9 Å². The quantitative estimate of drug-likeness (QED) is 0.734. The number of carbonyl (C=O) groups excluding carboxylic acids is 1. The molecular weight excluding hydrogens is 325 g/mol. The summed E-state index contributed by atoms with van der Waals surface area (Å²) >= 11 is 8.92. The van der Waals surface area contributed by atoms with Crippen LogP contribution in [-0.2, 0) is 0 Å². The van der Waals surface area contributed by atoms with Gasteiger partial charge in [0.1, 0.15) is 11.6 Å². The number of hydrogen-bond acceptors (Lipinski definition) is 1. The summed E-state index contributed by atoms with van der Waals surface area (Å²) in [5, 5.41) is 0.443. The smallest absolute Gasteiger partial charge is 0.197 e. The molecule has 5 heteroatoms. The minimum absolute atomic E-state index is 0.226. The number of rotatable bonds is 2. The molecule has 0 bridgehead atoms. The highest BCUT2D eigenvalue weighted by molar-refractivity contribution is 9.10. The summed E-state index contributed by atoms with van der Waals surface area (Å²) in [5.74, 6) is -2.02. The van der Waals surface area contributed by atoms with E-state index in [1.165, 1.54) is 18.2 Å². The predicted octanol–water partition coefficient (Wildman–Crippen LogP) is 4.61. The third-order valence-electron chi connectivity index (χ3n) is 2.35. The average molecular weight is 332 g/mol. The van der Waals surface area contributed by atoms with E-state index in [2.05, 4.69) is 15.9 Å². The van der Waals surface area contributed by atoms with Gasteiger partial charge in [0, 0.05) is 15.1 Å². The SMILES string of the molecule is O=C(c1cc(F)ccc1F)c1ccc(Cl)cc1Br. The molecule has 0 radical (unpaired) electrons. The Bertz CT molecular complexity index is 628. The minimum atomic E-state index is -0.761. The van der Waals surface area contributed by atoms with E-state index in [4.69, 9.17) is 11.6 Å². The van der Waals surface area contributed by atoms with Gasteiger partial charge >= 0.3 is 0 Å². The van der Waals surface area contributed by atoms with Crippen molar-refractivity contribution in [2.45, 2.75) is 0 Å². The predicted molar refractivity (Wildman–Crippen MR) is 68.9 cm³/mol. The van der Waals surface area contributed by atoms with Crippen molar-refractivity contribution in [1.82, 2.24) is 0 Å². The van der Waals surface area contributed by atoms with Gasteiger partial charge in [-0.1, -0.05) is 11.6 Å². The normalized spacial score (nSPS) is 10.4. The van der Waals surface area contributed by atoms with Crippen molar-refractivity contribution in [1.29, 1.82) is 0 Å². The van der Waals surface area contributed by atoms with Crippen LogP contribution in [-0.4, -0.2) is 5.78 Å². The topological polar surface area (TPSA) is 17.1 Å². The molecule has 0 aliphatic rings.